The summed E-state index contributed by atoms with van der Waals surface area (Å²) in [5.41, 5.74) is 2.34. The lowest BCUT2D eigenvalue weighted by atomic mass is 10.2. The molecule has 1 aliphatic rings. The molecule has 0 aliphatic carbocycles. The monoisotopic (exact) mass is 342 g/mol. The number of anilines is 1. The number of carbonyl (C=O) groups is 1. The van der Waals surface area contributed by atoms with Crippen LogP contribution < -0.4 is 10.8 Å². The molecule has 0 bridgehead atoms. The van der Waals surface area contributed by atoms with Gasteiger partial charge in [0, 0.05) is 31.4 Å². The lowest BCUT2D eigenvalue weighted by molar-refractivity contribution is -0.124. The van der Waals surface area contributed by atoms with Crippen LogP contribution in [0.4, 0.5) is 5.82 Å². The lowest BCUT2D eigenvalue weighted by Gasteiger charge is -2.16. The summed E-state index contributed by atoms with van der Waals surface area (Å²) in [6, 6.07) is 8.13. The predicted octanol–water partition coefficient (Wildman–Crippen LogP) is 2.19. The first-order valence-electron chi connectivity index (χ1n) is 8.25. The van der Waals surface area contributed by atoms with Gasteiger partial charge in [0.05, 0.1) is 6.54 Å². The Balaban J connectivity index is 1.49. The highest BCUT2D eigenvalue weighted by atomic mass is 16.5. The van der Waals surface area contributed by atoms with Crippen LogP contribution >= 0.6 is 0 Å². The Bertz CT molecular complexity index is 739. The van der Waals surface area contributed by atoms with Crippen LogP contribution in [0.2, 0.25) is 0 Å². The van der Waals surface area contributed by atoms with Crippen molar-refractivity contribution in [2.75, 3.05) is 18.4 Å². The van der Waals surface area contributed by atoms with Crippen LogP contribution in [-0.4, -0.2) is 40.1 Å². The molecule has 0 aromatic carbocycles. The van der Waals surface area contributed by atoms with Crippen molar-refractivity contribution in [3.8, 4) is 0 Å². The Morgan fingerprint density at radius 2 is 2.32 bits per heavy atom. The standard InChI is InChI=1S/C18H22N4O3/c1-13-2-5-16(25-13)12-22-9-8-15(11-22)20-17-6-3-14(10-19-17)4-7-18(23)21-24/h2-7,10,15,24H,8-9,11-12H2,1H3,(H,19,20)(H,21,23)/t15-/m1/s1. The van der Waals surface area contributed by atoms with Crippen LogP contribution in [-0.2, 0) is 11.3 Å². The minimum atomic E-state index is -0.569. The van der Waals surface area contributed by atoms with Crippen molar-refractivity contribution < 1.29 is 14.4 Å². The van der Waals surface area contributed by atoms with Crippen molar-refractivity contribution in [3.05, 3.63) is 53.6 Å². The van der Waals surface area contributed by atoms with Gasteiger partial charge in [0.15, 0.2) is 0 Å². The van der Waals surface area contributed by atoms with Crippen LogP contribution in [0, 0.1) is 6.92 Å². The van der Waals surface area contributed by atoms with Crippen LogP contribution in [0.3, 0.4) is 0 Å². The minimum Gasteiger partial charge on any atom is -0.465 e. The molecular weight excluding hydrogens is 320 g/mol. The number of nitrogens with zero attached hydrogens (tertiary/aromatic N) is 2. The largest absolute Gasteiger partial charge is 0.465 e. The third kappa shape index (κ3) is 4.91. The van der Waals surface area contributed by atoms with E-state index in [1.807, 2.05) is 31.2 Å². The summed E-state index contributed by atoms with van der Waals surface area (Å²) < 4.78 is 5.64. The van der Waals surface area contributed by atoms with Gasteiger partial charge >= 0.3 is 0 Å². The van der Waals surface area contributed by atoms with Gasteiger partial charge in [-0.2, -0.15) is 0 Å². The molecule has 7 heteroatoms. The number of aryl methyl sites for hydroxylation is 1. The van der Waals surface area contributed by atoms with Crippen molar-refractivity contribution >= 4 is 17.8 Å². The first-order valence-corrected chi connectivity index (χ1v) is 8.25. The number of furan rings is 1. The SMILES string of the molecule is Cc1ccc(CN2CC[C@@H](Nc3ccc(C=CC(=O)NO)cn3)C2)o1. The average Bonchev–Trinajstić information content (AvgIpc) is 3.23. The molecule has 0 radical (unpaired) electrons. The molecule has 1 fully saturated rings. The predicted molar refractivity (Wildman–Crippen MR) is 93.9 cm³/mol. The number of hydrogen-bond acceptors (Lipinski definition) is 6. The molecule has 3 rings (SSSR count). The van der Waals surface area contributed by atoms with Gasteiger partial charge in [-0.3, -0.25) is 14.9 Å². The number of rotatable bonds is 6. The number of hydrogen-bond donors (Lipinski definition) is 3. The van der Waals surface area contributed by atoms with Crippen molar-refractivity contribution in [1.82, 2.24) is 15.4 Å². The van der Waals surface area contributed by atoms with Crippen molar-refractivity contribution in [2.45, 2.75) is 25.9 Å². The fraction of sp³-hybridized carbons (Fsp3) is 0.333. The molecule has 0 spiro atoms. The summed E-state index contributed by atoms with van der Waals surface area (Å²) >= 11 is 0. The molecule has 3 heterocycles. The Hall–Kier alpha value is -2.64. The van der Waals surface area contributed by atoms with Gasteiger partial charge in [-0.15, -0.1) is 0 Å². The summed E-state index contributed by atoms with van der Waals surface area (Å²) in [7, 11) is 0. The van der Waals surface area contributed by atoms with E-state index in [0.717, 1.165) is 49.0 Å². The van der Waals surface area contributed by atoms with E-state index in [0.29, 0.717) is 6.04 Å². The van der Waals surface area contributed by atoms with Crippen LogP contribution in [0.15, 0.2) is 41.0 Å². The Kier molecular flexibility index (Phi) is 5.47. The van der Waals surface area contributed by atoms with E-state index in [-0.39, 0.29) is 0 Å². The summed E-state index contributed by atoms with van der Waals surface area (Å²) in [5, 5.41) is 11.9. The first-order chi connectivity index (χ1) is 12.1. The van der Waals surface area contributed by atoms with E-state index in [2.05, 4.69) is 15.2 Å². The number of hydroxylamine groups is 1. The molecule has 1 aliphatic heterocycles. The Labute approximate surface area is 146 Å². The topological polar surface area (TPSA) is 90.6 Å². The normalized spacial score (nSPS) is 17.9. The molecular formula is C18H22N4O3. The van der Waals surface area contributed by atoms with E-state index in [4.69, 9.17) is 9.62 Å². The van der Waals surface area contributed by atoms with Gasteiger partial charge < -0.3 is 9.73 Å². The zero-order chi connectivity index (χ0) is 17.6. The lowest BCUT2D eigenvalue weighted by Crippen LogP contribution is -2.26. The van der Waals surface area contributed by atoms with E-state index < -0.39 is 5.91 Å². The quantitative estimate of drug-likeness (QED) is 0.423. The number of amides is 1. The minimum absolute atomic E-state index is 0.352. The number of aromatic nitrogens is 1. The molecule has 1 saturated heterocycles. The van der Waals surface area contributed by atoms with Crippen molar-refractivity contribution in [2.24, 2.45) is 0 Å². The van der Waals surface area contributed by atoms with Crippen molar-refractivity contribution in [1.29, 1.82) is 0 Å². The van der Waals surface area contributed by atoms with Gasteiger partial charge in [-0.1, -0.05) is 0 Å². The second-order valence-electron chi connectivity index (χ2n) is 6.16. The second kappa shape index (κ2) is 7.96. The second-order valence-corrected chi connectivity index (χ2v) is 6.16. The summed E-state index contributed by atoms with van der Waals surface area (Å²) in [6.07, 6.45) is 5.57. The maximum atomic E-state index is 11.0. The zero-order valence-electron chi connectivity index (χ0n) is 14.1. The van der Waals surface area contributed by atoms with Gasteiger partial charge in [-0.25, -0.2) is 10.5 Å². The molecule has 25 heavy (non-hydrogen) atoms. The highest BCUT2D eigenvalue weighted by Crippen LogP contribution is 2.18. The highest BCUT2D eigenvalue weighted by molar-refractivity contribution is 5.90. The molecule has 2 aromatic rings. The Morgan fingerprint density at radius 1 is 1.44 bits per heavy atom. The van der Waals surface area contributed by atoms with E-state index in [1.165, 1.54) is 6.08 Å². The number of likely N-dealkylation sites (tertiary alicyclic amines) is 1. The Morgan fingerprint density at radius 3 is 3.00 bits per heavy atom. The average molecular weight is 342 g/mol. The smallest absolute Gasteiger partial charge is 0.267 e. The van der Waals surface area contributed by atoms with Gasteiger partial charge in [0.25, 0.3) is 5.91 Å². The van der Waals surface area contributed by atoms with E-state index >= 15 is 0 Å². The molecule has 3 N–H and O–H groups in total. The number of nitrogens with one attached hydrogen (secondary N) is 2. The molecule has 1 atom stereocenters. The maximum Gasteiger partial charge on any atom is 0.267 e. The summed E-state index contributed by atoms with van der Waals surface area (Å²) in [6.45, 7) is 4.75. The highest BCUT2D eigenvalue weighted by Gasteiger charge is 2.23. The van der Waals surface area contributed by atoms with E-state index in [1.54, 1.807) is 17.8 Å². The van der Waals surface area contributed by atoms with Crippen molar-refractivity contribution in [3.63, 3.8) is 0 Å². The number of pyridine rings is 1. The molecule has 0 saturated carbocycles. The summed E-state index contributed by atoms with van der Waals surface area (Å²) in [4.78, 5) is 17.7. The third-order valence-electron chi connectivity index (χ3n) is 4.12. The molecule has 2 aromatic heterocycles. The van der Waals surface area contributed by atoms with Crippen LogP contribution in [0.25, 0.3) is 6.08 Å². The maximum absolute atomic E-state index is 11.0. The molecule has 7 nitrogen and oxygen atoms in total. The fourth-order valence-corrected chi connectivity index (χ4v) is 2.89. The molecule has 132 valence electrons. The van der Waals surface area contributed by atoms with Gasteiger partial charge in [-0.05, 0) is 49.2 Å². The van der Waals surface area contributed by atoms with E-state index in [9.17, 15) is 4.79 Å². The van der Waals surface area contributed by atoms with Crippen LogP contribution in [0.1, 0.15) is 23.5 Å². The molecule has 0 unspecified atom stereocenters. The third-order valence-corrected chi connectivity index (χ3v) is 4.12. The first kappa shape index (κ1) is 17.2. The van der Waals surface area contributed by atoms with Crippen LogP contribution in [0.5, 0.6) is 0 Å². The molecule has 1 amide bonds. The summed E-state index contributed by atoms with van der Waals surface area (Å²) in [5.74, 6) is 2.18. The van der Waals surface area contributed by atoms with Gasteiger partial charge in [0.2, 0.25) is 0 Å². The van der Waals surface area contributed by atoms with Gasteiger partial charge in [0.1, 0.15) is 17.3 Å². The number of carbonyl (C=O) groups excluding carboxylic acids is 1. The fourth-order valence-electron chi connectivity index (χ4n) is 2.89. The zero-order valence-corrected chi connectivity index (χ0v) is 14.1.